The number of rotatable bonds is 7. The number of nitrogens with zero attached hydrogens (tertiary/aromatic N) is 1. The highest BCUT2D eigenvalue weighted by Gasteiger charge is 2.26. The molecule has 1 heterocycles. The predicted octanol–water partition coefficient (Wildman–Crippen LogP) is 4.37. The van der Waals surface area contributed by atoms with Gasteiger partial charge in [0.2, 0.25) is 5.91 Å². The highest BCUT2D eigenvalue weighted by Crippen LogP contribution is 2.23. The first-order valence-electron chi connectivity index (χ1n) is 10.9. The number of anilines is 1. The molecule has 1 aliphatic heterocycles. The second-order valence-electron chi connectivity index (χ2n) is 8.36. The molecule has 3 rings (SSSR count). The van der Waals surface area contributed by atoms with E-state index in [2.05, 4.69) is 46.7 Å². The van der Waals surface area contributed by atoms with E-state index in [-0.39, 0.29) is 23.8 Å². The fourth-order valence-corrected chi connectivity index (χ4v) is 3.85. The summed E-state index contributed by atoms with van der Waals surface area (Å²) in [6.07, 6.45) is 2.53. The maximum absolute atomic E-state index is 12.9. The molecule has 160 valence electrons. The number of nitrogens with one attached hydrogen (secondary N) is 2. The third-order valence-electron chi connectivity index (χ3n) is 5.87. The van der Waals surface area contributed by atoms with Gasteiger partial charge < -0.3 is 10.6 Å². The van der Waals surface area contributed by atoms with Gasteiger partial charge in [-0.15, -0.1) is 0 Å². The fourth-order valence-electron chi connectivity index (χ4n) is 3.85. The molecule has 2 N–H and O–H groups in total. The second-order valence-corrected chi connectivity index (χ2v) is 8.36. The molecule has 1 aliphatic rings. The van der Waals surface area contributed by atoms with Crippen molar-refractivity contribution in [3.8, 4) is 0 Å². The van der Waals surface area contributed by atoms with Crippen LogP contribution in [0.2, 0.25) is 0 Å². The van der Waals surface area contributed by atoms with Gasteiger partial charge in [-0.05, 0) is 63.9 Å². The summed E-state index contributed by atoms with van der Waals surface area (Å²) in [5.41, 5.74) is 3.70. The highest BCUT2D eigenvalue weighted by atomic mass is 16.2. The number of benzene rings is 2. The minimum absolute atomic E-state index is 0.00833. The Morgan fingerprint density at radius 2 is 1.83 bits per heavy atom. The van der Waals surface area contributed by atoms with Crippen LogP contribution in [0, 0.1) is 12.8 Å². The van der Waals surface area contributed by atoms with Crippen LogP contribution in [0.5, 0.6) is 0 Å². The van der Waals surface area contributed by atoms with Crippen molar-refractivity contribution >= 4 is 17.5 Å². The number of likely N-dealkylation sites (tertiary alicyclic amines) is 1. The lowest BCUT2D eigenvalue weighted by Crippen LogP contribution is -2.38. The van der Waals surface area contributed by atoms with Crippen molar-refractivity contribution in [3.05, 3.63) is 65.2 Å². The van der Waals surface area contributed by atoms with Crippen molar-refractivity contribution < 1.29 is 9.59 Å². The lowest BCUT2D eigenvalue weighted by molar-refractivity contribution is -0.121. The molecule has 0 radical (unpaired) electrons. The summed E-state index contributed by atoms with van der Waals surface area (Å²) in [4.78, 5) is 27.8. The van der Waals surface area contributed by atoms with E-state index in [9.17, 15) is 9.59 Å². The first-order valence-corrected chi connectivity index (χ1v) is 10.9. The smallest absolute Gasteiger partial charge is 0.253 e. The average molecular weight is 408 g/mol. The van der Waals surface area contributed by atoms with Crippen LogP contribution < -0.4 is 10.6 Å². The number of carbonyl (C=O) groups excluding carboxylic acids is 2. The summed E-state index contributed by atoms with van der Waals surface area (Å²) in [6, 6.07) is 15.9. The van der Waals surface area contributed by atoms with Gasteiger partial charge in [0.05, 0.1) is 11.3 Å². The molecular formula is C25H33N3O2. The Balaban J connectivity index is 1.55. The lowest BCUT2D eigenvalue weighted by Gasteiger charge is -2.31. The Morgan fingerprint density at radius 3 is 2.53 bits per heavy atom. The number of amides is 2. The van der Waals surface area contributed by atoms with Gasteiger partial charge in [-0.1, -0.05) is 48.9 Å². The van der Waals surface area contributed by atoms with Crippen molar-refractivity contribution in [3.63, 3.8) is 0 Å². The molecule has 0 bridgehead atoms. The SMILES string of the molecule is CC[C@H](C)NC(=O)c1ccccc1NC(=O)C1CCN(Cc2cccc(C)c2)CC1. The molecule has 1 fully saturated rings. The summed E-state index contributed by atoms with van der Waals surface area (Å²) in [7, 11) is 0. The van der Waals surface area contributed by atoms with Gasteiger partial charge >= 0.3 is 0 Å². The molecular weight excluding hydrogens is 374 g/mol. The first kappa shape index (κ1) is 22.0. The van der Waals surface area contributed by atoms with Crippen LogP contribution in [0.1, 0.15) is 54.6 Å². The molecule has 1 saturated heterocycles. The summed E-state index contributed by atoms with van der Waals surface area (Å²) < 4.78 is 0. The molecule has 30 heavy (non-hydrogen) atoms. The second kappa shape index (κ2) is 10.4. The van der Waals surface area contributed by atoms with Gasteiger partial charge in [0.15, 0.2) is 0 Å². The fraction of sp³-hybridized carbons (Fsp3) is 0.440. The number of piperidine rings is 1. The van der Waals surface area contributed by atoms with Crippen LogP contribution in [0.25, 0.3) is 0 Å². The molecule has 5 heteroatoms. The maximum Gasteiger partial charge on any atom is 0.253 e. The Kier molecular flexibility index (Phi) is 7.63. The van der Waals surface area contributed by atoms with E-state index in [0.29, 0.717) is 11.3 Å². The summed E-state index contributed by atoms with van der Waals surface area (Å²) >= 11 is 0. The molecule has 2 aromatic rings. The molecule has 0 aromatic heterocycles. The predicted molar refractivity (Wildman–Crippen MR) is 121 cm³/mol. The summed E-state index contributed by atoms with van der Waals surface area (Å²) in [5, 5.41) is 5.98. The van der Waals surface area contributed by atoms with E-state index in [1.54, 1.807) is 12.1 Å². The normalized spacial score (nSPS) is 16.1. The molecule has 0 unspecified atom stereocenters. The van der Waals surface area contributed by atoms with Crippen LogP contribution in [0.15, 0.2) is 48.5 Å². The Hall–Kier alpha value is -2.66. The van der Waals surface area contributed by atoms with E-state index in [4.69, 9.17) is 0 Å². The standard InChI is InChI=1S/C25H33N3O2/c1-4-19(3)26-25(30)22-10-5-6-11-23(22)27-24(29)21-12-14-28(15-13-21)17-20-9-7-8-18(2)16-20/h5-11,16,19,21H,4,12-15,17H2,1-3H3,(H,26,30)(H,27,29)/t19-/m0/s1. The molecule has 2 aromatic carbocycles. The zero-order valence-corrected chi connectivity index (χ0v) is 18.3. The van der Waals surface area contributed by atoms with Gasteiger partial charge in [0.25, 0.3) is 5.91 Å². The molecule has 0 aliphatic carbocycles. The summed E-state index contributed by atoms with van der Waals surface area (Å²) in [6.45, 7) is 8.85. The molecule has 0 saturated carbocycles. The number of carbonyl (C=O) groups is 2. The monoisotopic (exact) mass is 407 g/mol. The third kappa shape index (κ3) is 5.92. The van der Waals surface area contributed by atoms with Crippen LogP contribution in [0.4, 0.5) is 5.69 Å². The van der Waals surface area contributed by atoms with E-state index in [0.717, 1.165) is 38.9 Å². The Morgan fingerprint density at radius 1 is 1.10 bits per heavy atom. The average Bonchev–Trinajstić information content (AvgIpc) is 2.74. The van der Waals surface area contributed by atoms with Gasteiger partial charge in [0.1, 0.15) is 0 Å². The van der Waals surface area contributed by atoms with E-state index in [1.807, 2.05) is 26.0 Å². The first-order chi connectivity index (χ1) is 14.5. The zero-order valence-electron chi connectivity index (χ0n) is 18.3. The van der Waals surface area contributed by atoms with E-state index in [1.165, 1.54) is 11.1 Å². The van der Waals surface area contributed by atoms with Crippen molar-refractivity contribution in [1.29, 1.82) is 0 Å². The van der Waals surface area contributed by atoms with Gasteiger partial charge in [-0.3, -0.25) is 14.5 Å². The van der Waals surface area contributed by atoms with Crippen LogP contribution in [0.3, 0.4) is 0 Å². The molecule has 2 amide bonds. The van der Waals surface area contributed by atoms with Crippen molar-refractivity contribution in [2.75, 3.05) is 18.4 Å². The van der Waals surface area contributed by atoms with Gasteiger partial charge in [0, 0.05) is 18.5 Å². The Bertz CT molecular complexity index is 872. The lowest BCUT2D eigenvalue weighted by atomic mass is 9.95. The van der Waals surface area contributed by atoms with Gasteiger partial charge in [-0.25, -0.2) is 0 Å². The minimum atomic E-state index is -0.145. The number of hydrogen-bond acceptors (Lipinski definition) is 3. The number of para-hydroxylation sites is 1. The van der Waals surface area contributed by atoms with E-state index < -0.39 is 0 Å². The zero-order chi connectivity index (χ0) is 21.5. The number of hydrogen-bond donors (Lipinski definition) is 2. The van der Waals surface area contributed by atoms with E-state index >= 15 is 0 Å². The molecule has 1 atom stereocenters. The van der Waals surface area contributed by atoms with Crippen molar-refractivity contribution in [1.82, 2.24) is 10.2 Å². The van der Waals surface area contributed by atoms with Crippen molar-refractivity contribution in [2.24, 2.45) is 5.92 Å². The molecule has 5 nitrogen and oxygen atoms in total. The van der Waals surface area contributed by atoms with Crippen molar-refractivity contribution in [2.45, 2.75) is 52.6 Å². The topological polar surface area (TPSA) is 61.4 Å². The summed E-state index contributed by atoms with van der Waals surface area (Å²) in [5.74, 6) is -0.160. The maximum atomic E-state index is 12.9. The molecule has 0 spiro atoms. The number of aryl methyl sites for hydroxylation is 1. The van der Waals surface area contributed by atoms with Crippen LogP contribution in [-0.4, -0.2) is 35.8 Å². The largest absolute Gasteiger partial charge is 0.350 e. The van der Waals surface area contributed by atoms with Gasteiger partial charge in [-0.2, -0.15) is 0 Å². The van der Waals surface area contributed by atoms with Crippen LogP contribution in [-0.2, 0) is 11.3 Å². The Labute approximate surface area is 179 Å². The highest BCUT2D eigenvalue weighted by molar-refractivity contribution is 6.04. The minimum Gasteiger partial charge on any atom is -0.350 e. The van der Waals surface area contributed by atoms with Crippen LogP contribution >= 0.6 is 0 Å². The third-order valence-corrected chi connectivity index (χ3v) is 5.87. The quantitative estimate of drug-likeness (QED) is 0.716.